The number of benzene rings is 2. The fourth-order valence-electron chi connectivity index (χ4n) is 3.96. The Kier molecular flexibility index (Phi) is 7.40. The summed E-state index contributed by atoms with van der Waals surface area (Å²) in [7, 11) is -3.23. The summed E-state index contributed by atoms with van der Waals surface area (Å²) in [6.45, 7) is 1.63. The van der Waals surface area contributed by atoms with Gasteiger partial charge in [-0.15, -0.1) is 0 Å². The van der Waals surface area contributed by atoms with Crippen LogP contribution in [0.3, 0.4) is 0 Å². The second-order valence-corrected chi connectivity index (χ2v) is 10.7. The van der Waals surface area contributed by atoms with E-state index in [9.17, 15) is 31.2 Å². The summed E-state index contributed by atoms with van der Waals surface area (Å²) in [5, 5.41) is 5.87. The van der Waals surface area contributed by atoms with E-state index < -0.39 is 46.8 Å². The van der Waals surface area contributed by atoms with E-state index in [0.717, 1.165) is 45.5 Å². The van der Waals surface area contributed by atoms with Crippen LogP contribution in [0.4, 0.5) is 18.0 Å². The highest BCUT2D eigenvalue weighted by Gasteiger charge is 2.42. The van der Waals surface area contributed by atoms with Crippen molar-refractivity contribution in [3.8, 4) is 16.9 Å². The van der Waals surface area contributed by atoms with Gasteiger partial charge in [-0.3, -0.25) is 4.79 Å². The van der Waals surface area contributed by atoms with Crippen molar-refractivity contribution in [2.45, 2.75) is 30.5 Å². The number of carbonyl (C=O) groups excluding carboxylic acids is 2. The number of methoxy groups -OCH3 is 1. The van der Waals surface area contributed by atoms with Gasteiger partial charge in [-0.2, -0.15) is 22.9 Å². The molecule has 1 saturated heterocycles. The fourth-order valence-corrected chi connectivity index (χ4v) is 4.97. The molecule has 1 unspecified atom stereocenters. The molecule has 224 valence electrons. The van der Waals surface area contributed by atoms with E-state index in [2.05, 4.69) is 14.6 Å². The van der Waals surface area contributed by atoms with E-state index in [1.54, 1.807) is 24.3 Å². The molecule has 5 rings (SSSR count). The van der Waals surface area contributed by atoms with Crippen molar-refractivity contribution in [3.05, 3.63) is 65.9 Å². The van der Waals surface area contributed by atoms with Gasteiger partial charge in [-0.1, -0.05) is 29.8 Å². The normalized spacial score (nSPS) is 15.3. The zero-order chi connectivity index (χ0) is 30.2. The molecular formula is C24H23F3N6O8S. The van der Waals surface area contributed by atoms with Crippen molar-refractivity contribution < 1.29 is 50.1 Å². The number of halogens is 3. The van der Waals surface area contributed by atoms with Crippen molar-refractivity contribution in [2.24, 2.45) is 0 Å². The van der Waals surface area contributed by atoms with Crippen LogP contribution >= 0.6 is 0 Å². The van der Waals surface area contributed by atoms with Gasteiger partial charge in [0.15, 0.2) is 5.69 Å². The molecule has 0 radical (unpaired) electrons. The fraction of sp³-hybridized carbons (Fsp3) is 0.292. The predicted molar refractivity (Wildman–Crippen MR) is 135 cm³/mol. The Hall–Kier alpha value is -4.87. The monoisotopic (exact) mass is 612 g/mol. The first-order valence-electron chi connectivity index (χ1n) is 12.2. The SMILES string of the molecule is COC(=O)OCOn1on1N1CCC1C(=O)NS(=O)(=O)c1ccc(-n2nc(C(F)(F)F)cc2-c2ccc(C)cc2)cc1. The van der Waals surface area contributed by atoms with Gasteiger partial charge in [0.2, 0.25) is 0 Å². The first-order chi connectivity index (χ1) is 19.9. The van der Waals surface area contributed by atoms with Crippen LogP contribution in [0.1, 0.15) is 17.7 Å². The molecule has 0 aliphatic carbocycles. The smallest absolute Gasteiger partial charge is 0.438 e. The van der Waals surface area contributed by atoms with Crippen LogP contribution in [0, 0.1) is 6.92 Å². The van der Waals surface area contributed by atoms with E-state index >= 15 is 0 Å². The quantitative estimate of drug-likeness (QED) is 0.220. The number of carbonyl (C=O) groups is 2. The van der Waals surface area contributed by atoms with E-state index in [1.165, 1.54) is 17.1 Å². The standard InChI is InChI=1S/C24H23F3N6O8S/c1-15-3-5-16(6-4-15)20-13-21(24(25,26)27)28-31(20)17-7-9-18(10-8-17)42(36,37)29-22(34)19-11-12-30(19)32-33(41-32)40-14-39-23(35)38-2/h3-10,13,19H,11-12,14H2,1-2H3,(H,29,34). The maximum Gasteiger partial charge on any atom is 0.510 e. The van der Waals surface area contributed by atoms with Crippen molar-refractivity contribution in [3.63, 3.8) is 0 Å². The number of sulfonamides is 1. The summed E-state index contributed by atoms with van der Waals surface area (Å²) in [6, 6.07) is 11.7. The van der Waals surface area contributed by atoms with E-state index in [4.69, 9.17) is 9.47 Å². The number of amides is 1. The third-order valence-electron chi connectivity index (χ3n) is 6.25. The van der Waals surface area contributed by atoms with Crippen LogP contribution in [0.2, 0.25) is 0 Å². The lowest BCUT2D eigenvalue weighted by atomic mass is 10.1. The zero-order valence-corrected chi connectivity index (χ0v) is 22.8. The second-order valence-electron chi connectivity index (χ2n) is 9.04. The predicted octanol–water partition coefficient (Wildman–Crippen LogP) is 2.45. The molecule has 4 aromatic rings. The average molecular weight is 613 g/mol. The van der Waals surface area contributed by atoms with Crippen LogP contribution < -0.4 is 14.6 Å². The van der Waals surface area contributed by atoms with E-state index in [-0.39, 0.29) is 16.3 Å². The second kappa shape index (κ2) is 10.8. The van der Waals surface area contributed by atoms with E-state index in [0.29, 0.717) is 18.5 Å². The summed E-state index contributed by atoms with van der Waals surface area (Å²) in [4.78, 5) is 29.4. The van der Waals surface area contributed by atoms with Crippen LogP contribution in [0.15, 0.2) is 64.1 Å². The third kappa shape index (κ3) is 5.92. The molecule has 14 nitrogen and oxygen atoms in total. The topological polar surface area (TPSA) is 152 Å². The van der Waals surface area contributed by atoms with Gasteiger partial charge in [-0.25, -0.2) is 27.6 Å². The number of alkyl halides is 3. The molecule has 1 aliphatic rings. The lowest BCUT2D eigenvalue weighted by Gasteiger charge is -2.35. The molecular weight excluding hydrogens is 589 g/mol. The molecule has 18 heteroatoms. The van der Waals surface area contributed by atoms with Crippen LogP contribution in [-0.2, 0) is 30.5 Å². The maximum absolute atomic E-state index is 13.5. The summed E-state index contributed by atoms with van der Waals surface area (Å²) in [6.07, 6.45) is -5.38. The summed E-state index contributed by atoms with van der Waals surface area (Å²) in [5.74, 6) is -0.852. The highest BCUT2D eigenvalue weighted by molar-refractivity contribution is 7.90. The number of rotatable bonds is 9. The minimum atomic E-state index is -4.70. The molecule has 2 aromatic heterocycles. The number of hydrogen-bond acceptors (Lipinski definition) is 10. The highest BCUT2D eigenvalue weighted by Crippen LogP contribution is 2.33. The molecule has 0 saturated carbocycles. The largest absolute Gasteiger partial charge is 0.510 e. The Bertz CT molecular complexity index is 1690. The molecule has 1 aliphatic heterocycles. The molecule has 1 fully saturated rings. The summed E-state index contributed by atoms with van der Waals surface area (Å²) < 4.78 is 83.1. The third-order valence-corrected chi connectivity index (χ3v) is 7.61. The Morgan fingerprint density at radius 3 is 2.40 bits per heavy atom. The van der Waals surface area contributed by atoms with Crippen LogP contribution in [-0.4, -0.2) is 66.7 Å². The first kappa shape index (κ1) is 28.7. The molecule has 1 N–H and O–H groups in total. The number of hydrogen-bond donors (Lipinski definition) is 1. The van der Waals surface area contributed by atoms with Crippen molar-refractivity contribution >= 4 is 22.1 Å². The lowest BCUT2D eigenvalue weighted by Crippen LogP contribution is -2.61. The van der Waals surface area contributed by atoms with Crippen molar-refractivity contribution in [1.29, 1.82) is 0 Å². The summed E-state index contributed by atoms with van der Waals surface area (Å²) in [5.41, 5.74) is 0.616. The first-order valence-corrected chi connectivity index (χ1v) is 13.7. The zero-order valence-electron chi connectivity index (χ0n) is 21.9. The molecule has 1 atom stereocenters. The van der Waals surface area contributed by atoms with Crippen molar-refractivity contribution in [2.75, 3.05) is 25.5 Å². The van der Waals surface area contributed by atoms with Crippen LogP contribution in [0.5, 0.6) is 0 Å². The molecule has 3 heterocycles. The molecule has 1 amide bonds. The van der Waals surface area contributed by atoms with Gasteiger partial charge in [0.05, 0.1) is 28.4 Å². The molecule has 0 spiro atoms. The molecule has 42 heavy (non-hydrogen) atoms. The van der Waals surface area contributed by atoms with Gasteiger partial charge in [0.1, 0.15) is 11.1 Å². The summed E-state index contributed by atoms with van der Waals surface area (Å²) >= 11 is 0. The van der Waals surface area contributed by atoms with Crippen molar-refractivity contribution in [1.82, 2.24) is 24.5 Å². The number of aromatic nitrogens is 4. The lowest BCUT2D eigenvalue weighted by molar-refractivity contribution is -0.141. The van der Waals surface area contributed by atoms with E-state index in [1.807, 2.05) is 11.6 Å². The Balaban J connectivity index is 1.28. The Morgan fingerprint density at radius 1 is 1.12 bits per heavy atom. The Labute approximate surface area is 235 Å². The Morgan fingerprint density at radius 2 is 1.81 bits per heavy atom. The highest BCUT2D eigenvalue weighted by atomic mass is 32.2. The number of nitrogens with one attached hydrogen (secondary N) is 1. The average Bonchev–Trinajstić information content (AvgIpc) is 3.49. The van der Waals surface area contributed by atoms with Gasteiger partial charge in [-0.05, 0) is 43.7 Å². The van der Waals surface area contributed by atoms with Gasteiger partial charge in [0.25, 0.3) is 22.7 Å². The minimum absolute atomic E-state index is 0.156. The number of aryl methyl sites for hydroxylation is 1. The maximum atomic E-state index is 13.5. The molecule has 2 aromatic carbocycles. The minimum Gasteiger partial charge on any atom is -0.438 e. The number of ether oxygens (including phenoxy) is 2. The molecule has 0 bridgehead atoms. The van der Waals surface area contributed by atoms with Gasteiger partial charge in [0, 0.05) is 12.1 Å². The van der Waals surface area contributed by atoms with Gasteiger partial charge >= 0.3 is 12.3 Å². The number of nitrogens with zero attached hydrogens (tertiary/aromatic N) is 5. The van der Waals surface area contributed by atoms with Gasteiger partial charge < -0.3 is 14.3 Å². The van der Waals surface area contributed by atoms with Crippen LogP contribution in [0.25, 0.3) is 16.9 Å².